The van der Waals surface area contributed by atoms with E-state index in [2.05, 4.69) is 4.74 Å². The average molecular weight is 576 g/mol. The van der Waals surface area contributed by atoms with Crippen LogP contribution in [0.15, 0.2) is 58.4 Å². The molecule has 1 amide bonds. The topological polar surface area (TPSA) is 90.3 Å². The lowest BCUT2D eigenvalue weighted by Crippen LogP contribution is -2.66. The molecule has 2 aromatic carbocycles. The molecule has 0 radical (unpaired) electrons. The van der Waals surface area contributed by atoms with Gasteiger partial charge in [-0.3, -0.25) is 19.3 Å². The number of halogens is 3. The third kappa shape index (κ3) is 4.23. The molecule has 2 atom stereocenters. The van der Waals surface area contributed by atoms with Crippen molar-refractivity contribution >= 4 is 35.4 Å². The van der Waals surface area contributed by atoms with Gasteiger partial charge in [0.1, 0.15) is 6.17 Å². The zero-order chi connectivity index (χ0) is 27.3. The Bertz CT molecular complexity index is 1550. The number of rotatable bonds is 3. The van der Waals surface area contributed by atoms with Crippen LogP contribution in [0.5, 0.6) is 5.75 Å². The zero-order valence-electron chi connectivity index (χ0n) is 20.1. The number of thioether (sulfide) groups is 1. The fourth-order valence-corrected chi connectivity index (χ4v) is 6.43. The second kappa shape index (κ2) is 10.2. The summed E-state index contributed by atoms with van der Waals surface area (Å²) in [5, 5.41) is 1.77. The van der Waals surface area contributed by atoms with Crippen LogP contribution in [0.2, 0.25) is 0 Å². The fourth-order valence-electron chi connectivity index (χ4n) is 5.23. The lowest BCUT2D eigenvalue weighted by molar-refractivity contribution is -0.0198. The minimum Gasteiger partial charge on any atom is -0.418 e. The van der Waals surface area contributed by atoms with E-state index < -0.39 is 53.1 Å². The maximum atomic E-state index is 15.2. The van der Waals surface area contributed by atoms with Crippen molar-refractivity contribution in [3.8, 4) is 5.75 Å². The van der Waals surface area contributed by atoms with Gasteiger partial charge in [0.15, 0.2) is 23.4 Å². The van der Waals surface area contributed by atoms with E-state index in [1.54, 1.807) is 5.01 Å². The molecule has 0 aliphatic carbocycles. The van der Waals surface area contributed by atoms with Crippen LogP contribution in [0.1, 0.15) is 33.2 Å². The minimum absolute atomic E-state index is 0.104. The number of fused-ring (bicyclic) bond motifs is 4. The molecular formula is C26H20ClF2N3O6S. The van der Waals surface area contributed by atoms with Crippen molar-refractivity contribution in [2.24, 2.45) is 0 Å². The number of aromatic nitrogens is 1. The summed E-state index contributed by atoms with van der Waals surface area (Å²) >= 11 is 6.83. The minimum atomic E-state index is -1.25. The number of benzene rings is 2. The SMILES string of the molecule is O=C(OCCl)Oc1c2n(ccc1=O)N([C@@H]1c3ccccc3SCc3c1ccc(F)c3F)[C@@H]1COCCN1C2=O. The van der Waals surface area contributed by atoms with Gasteiger partial charge in [-0.05, 0) is 23.3 Å². The molecule has 0 unspecified atom stereocenters. The van der Waals surface area contributed by atoms with Crippen molar-refractivity contribution in [1.82, 2.24) is 9.58 Å². The molecule has 0 saturated carbocycles. The van der Waals surface area contributed by atoms with E-state index in [0.717, 1.165) is 22.6 Å². The maximum Gasteiger partial charge on any atom is 0.515 e. The molecular weight excluding hydrogens is 556 g/mol. The first kappa shape index (κ1) is 25.7. The first-order valence-corrected chi connectivity index (χ1v) is 13.4. The van der Waals surface area contributed by atoms with Crippen molar-refractivity contribution in [2.45, 2.75) is 22.9 Å². The highest BCUT2D eigenvalue weighted by Crippen LogP contribution is 2.45. The number of ether oxygens (including phenoxy) is 3. The lowest BCUT2D eigenvalue weighted by Gasteiger charge is -2.51. The summed E-state index contributed by atoms with van der Waals surface area (Å²) < 4.78 is 46.6. The third-order valence-electron chi connectivity index (χ3n) is 6.89. The van der Waals surface area contributed by atoms with Crippen molar-refractivity contribution in [3.63, 3.8) is 0 Å². The van der Waals surface area contributed by atoms with Gasteiger partial charge >= 0.3 is 6.16 Å². The van der Waals surface area contributed by atoms with Crippen molar-refractivity contribution < 1.29 is 32.6 Å². The molecule has 1 saturated heterocycles. The Morgan fingerprint density at radius 3 is 2.77 bits per heavy atom. The first-order chi connectivity index (χ1) is 18.9. The van der Waals surface area contributed by atoms with E-state index >= 15 is 4.39 Å². The van der Waals surface area contributed by atoms with E-state index in [4.69, 9.17) is 21.1 Å². The van der Waals surface area contributed by atoms with Gasteiger partial charge in [0, 0.05) is 35.0 Å². The van der Waals surface area contributed by atoms with Crippen LogP contribution < -0.4 is 15.2 Å². The number of hydrogen-bond donors (Lipinski definition) is 0. The van der Waals surface area contributed by atoms with E-state index in [0.29, 0.717) is 5.56 Å². The number of carbonyl (C=O) groups is 2. The molecule has 0 bridgehead atoms. The largest absolute Gasteiger partial charge is 0.515 e. The van der Waals surface area contributed by atoms with Crippen LogP contribution in [0.4, 0.5) is 13.6 Å². The smallest absolute Gasteiger partial charge is 0.418 e. The van der Waals surface area contributed by atoms with E-state index in [1.165, 1.54) is 33.6 Å². The second-order valence-electron chi connectivity index (χ2n) is 8.90. The fraction of sp³-hybridized carbons (Fsp3) is 0.269. The van der Waals surface area contributed by atoms with Gasteiger partial charge in [0.05, 0.1) is 19.3 Å². The Labute approximate surface area is 229 Å². The molecule has 3 aliphatic heterocycles. The Balaban J connectivity index is 1.63. The molecule has 1 fully saturated rings. The highest BCUT2D eigenvalue weighted by Gasteiger charge is 2.46. The number of morpholine rings is 1. The highest BCUT2D eigenvalue weighted by molar-refractivity contribution is 7.98. The number of amides is 1. The molecule has 4 heterocycles. The lowest BCUT2D eigenvalue weighted by atomic mass is 9.93. The van der Waals surface area contributed by atoms with E-state index in [-0.39, 0.29) is 36.8 Å². The summed E-state index contributed by atoms with van der Waals surface area (Å²) in [7, 11) is 0. The van der Waals surface area contributed by atoms with Gasteiger partial charge in [-0.2, -0.15) is 0 Å². The van der Waals surface area contributed by atoms with Gasteiger partial charge in [-0.1, -0.05) is 35.9 Å². The first-order valence-electron chi connectivity index (χ1n) is 11.9. The number of hydrogen-bond acceptors (Lipinski definition) is 8. The Kier molecular flexibility index (Phi) is 6.69. The average Bonchev–Trinajstić information content (AvgIpc) is 3.10. The van der Waals surface area contributed by atoms with Crippen molar-refractivity contribution in [1.29, 1.82) is 0 Å². The van der Waals surface area contributed by atoms with Crippen LogP contribution in [0.25, 0.3) is 0 Å². The highest BCUT2D eigenvalue weighted by atomic mass is 35.5. The second-order valence-corrected chi connectivity index (χ2v) is 10.1. The summed E-state index contributed by atoms with van der Waals surface area (Å²) in [6, 6.07) is 9.95. The predicted molar refractivity (Wildman–Crippen MR) is 137 cm³/mol. The number of nitrogens with zero attached hydrogens (tertiary/aromatic N) is 3. The summed E-state index contributed by atoms with van der Waals surface area (Å²) in [5.41, 5.74) is 0.510. The molecule has 3 aromatic rings. The van der Waals surface area contributed by atoms with Gasteiger partial charge < -0.3 is 19.1 Å². The normalized spacial score (nSPS) is 19.8. The molecule has 0 N–H and O–H groups in total. The van der Waals surface area contributed by atoms with Crippen molar-refractivity contribution in [3.05, 3.63) is 92.9 Å². The zero-order valence-corrected chi connectivity index (χ0v) is 21.7. The summed E-state index contributed by atoms with van der Waals surface area (Å²) in [5.74, 6) is -2.83. The maximum absolute atomic E-state index is 15.2. The molecule has 3 aliphatic rings. The quantitative estimate of drug-likeness (QED) is 0.342. The van der Waals surface area contributed by atoms with Gasteiger partial charge in [0.2, 0.25) is 11.2 Å². The predicted octanol–water partition coefficient (Wildman–Crippen LogP) is 3.98. The Hall–Kier alpha value is -3.61. The molecule has 39 heavy (non-hydrogen) atoms. The van der Waals surface area contributed by atoms with Gasteiger partial charge in [0.25, 0.3) is 5.91 Å². The number of carbonyl (C=O) groups excluding carboxylic acids is 2. The van der Waals surface area contributed by atoms with Crippen LogP contribution >= 0.6 is 23.4 Å². The molecule has 0 spiro atoms. The molecule has 9 nitrogen and oxygen atoms in total. The van der Waals surface area contributed by atoms with Crippen LogP contribution in [-0.2, 0) is 15.2 Å². The molecule has 6 rings (SSSR count). The Morgan fingerprint density at radius 2 is 1.95 bits per heavy atom. The van der Waals surface area contributed by atoms with E-state index in [9.17, 15) is 18.8 Å². The van der Waals surface area contributed by atoms with Crippen LogP contribution in [0, 0.1) is 11.6 Å². The summed E-state index contributed by atoms with van der Waals surface area (Å²) in [6.45, 7) is 0.528. The summed E-state index contributed by atoms with van der Waals surface area (Å²) in [6.07, 6.45) is -0.550. The van der Waals surface area contributed by atoms with Crippen LogP contribution in [-0.4, -0.2) is 53.6 Å². The summed E-state index contributed by atoms with van der Waals surface area (Å²) in [4.78, 5) is 41.1. The molecule has 13 heteroatoms. The van der Waals surface area contributed by atoms with Crippen LogP contribution in [0.3, 0.4) is 0 Å². The molecule has 1 aromatic heterocycles. The van der Waals surface area contributed by atoms with E-state index in [1.807, 2.05) is 24.3 Å². The number of alkyl halides is 1. The monoisotopic (exact) mass is 575 g/mol. The third-order valence-corrected chi connectivity index (χ3v) is 8.12. The number of pyridine rings is 1. The van der Waals surface area contributed by atoms with Gasteiger partial charge in [-0.25, -0.2) is 13.6 Å². The Morgan fingerprint density at radius 1 is 1.13 bits per heavy atom. The van der Waals surface area contributed by atoms with Crippen molar-refractivity contribution in [2.75, 3.05) is 30.8 Å². The van der Waals surface area contributed by atoms with Gasteiger partial charge in [-0.15, -0.1) is 11.8 Å². The molecule has 202 valence electrons. The standard InChI is InChI=1S/C26H20ClF2N3O6S/c27-13-37-26(35)38-24-18(33)7-8-31-23(24)25(34)30-9-10-36-11-20(30)32(31)22-14-5-6-17(28)21(29)16(14)12-39-19-4-2-1-3-15(19)22/h1-8,20,22H,9-13H2/t20-,22+/m1/s1.